The quantitative estimate of drug-likeness (QED) is 0.811. The lowest BCUT2D eigenvalue weighted by Crippen LogP contribution is -2.60. The maximum Gasteiger partial charge on any atom is 0.300 e. The highest BCUT2D eigenvalue weighted by Gasteiger charge is 2.56. The molecule has 1 heterocycles. The van der Waals surface area contributed by atoms with E-state index in [2.05, 4.69) is 30.9 Å². The molecule has 1 amide bonds. The molecule has 4 aliphatic rings. The van der Waals surface area contributed by atoms with Crippen LogP contribution in [0.4, 0.5) is 0 Å². The number of nitrogens with one attached hydrogen (secondary N) is 1. The number of hydrogen-bond acceptors (Lipinski definition) is 2. The topological polar surface area (TPSA) is 36.7 Å². The molecule has 1 aliphatic heterocycles. The molecule has 0 spiro atoms. The second kappa shape index (κ2) is 5.28. The highest BCUT2D eigenvalue weighted by molar-refractivity contribution is 5.79. The third-order valence-corrected chi connectivity index (χ3v) is 6.56. The van der Waals surface area contributed by atoms with Gasteiger partial charge in [0.2, 0.25) is 5.91 Å². The van der Waals surface area contributed by atoms with Crippen LogP contribution in [-0.4, -0.2) is 36.1 Å². The molecular formula is C17H27N3O. The van der Waals surface area contributed by atoms with Gasteiger partial charge >= 0.3 is 6.17 Å². The van der Waals surface area contributed by atoms with E-state index in [-0.39, 0.29) is 12.1 Å². The van der Waals surface area contributed by atoms with Gasteiger partial charge < -0.3 is 5.32 Å². The molecule has 0 aromatic carbocycles. The fourth-order valence-electron chi connectivity index (χ4n) is 4.91. The summed E-state index contributed by atoms with van der Waals surface area (Å²) in [6.45, 7) is 15.5. The van der Waals surface area contributed by atoms with E-state index in [1.54, 1.807) is 4.90 Å². The Labute approximate surface area is 128 Å². The highest BCUT2D eigenvalue weighted by Crippen LogP contribution is 2.61. The first-order valence-electron chi connectivity index (χ1n) is 8.34. The molecule has 21 heavy (non-hydrogen) atoms. The molecule has 3 aliphatic carbocycles. The minimum Gasteiger partial charge on any atom is -0.305 e. The van der Waals surface area contributed by atoms with Gasteiger partial charge in [0, 0.05) is 19.0 Å². The van der Waals surface area contributed by atoms with E-state index in [9.17, 15) is 4.79 Å². The normalized spacial score (nSPS) is 40.5. The lowest BCUT2D eigenvalue weighted by molar-refractivity contribution is -0.133. The molecule has 1 saturated heterocycles. The van der Waals surface area contributed by atoms with Crippen molar-refractivity contribution in [2.45, 2.75) is 58.7 Å². The third kappa shape index (κ3) is 2.36. The van der Waals surface area contributed by atoms with Crippen molar-refractivity contribution in [3.8, 4) is 0 Å². The Morgan fingerprint density at radius 2 is 2.19 bits per heavy atom. The molecular weight excluding hydrogens is 262 g/mol. The summed E-state index contributed by atoms with van der Waals surface area (Å²) >= 11 is 0. The van der Waals surface area contributed by atoms with Gasteiger partial charge in [-0.2, -0.15) is 0 Å². The van der Waals surface area contributed by atoms with E-state index in [1.165, 1.54) is 12.8 Å². The Morgan fingerprint density at radius 3 is 2.81 bits per heavy atom. The summed E-state index contributed by atoms with van der Waals surface area (Å²) in [6.07, 6.45) is 4.16. The minimum atomic E-state index is -0.213. The van der Waals surface area contributed by atoms with E-state index in [1.807, 2.05) is 0 Å². The Balaban J connectivity index is 1.52. The standard InChI is InChI=1S/C17H27N3O/c1-11-13-8-12(17(13,2)3)9-14(11)19-10-16(21)20-7-5-6-15(20)18-4/h11-15,19H,5-10H2,1-3H3/t11-,12+,13-,14-,15+/m1/s1. The Hall–Kier alpha value is -1.08. The fourth-order valence-corrected chi connectivity index (χ4v) is 4.91. The summed E-state index contributed by atoms with van der Waals surface area (Å²) < 4.78 is 0. The third-order valence-electron chi connectivity index (χ3n) is 6.56. The van der Waals surface area contributed by atoms with Crippen molar-refractivity contribution < 1.29 is 4.79 Å². The Kier molecular flexibility index (Phi) is 3.73. The van der Waals surface area contributed by atoms with E-state index in [0.29, 0.717) is 23.9 Å². The zero-order valence-electron chi connectivity index (χ0n) is 13.4. The Morgan fingerprint density at radius 1 is 1.43 bits per heavy atom. The predicted molar refractivity (Wildman–Crippen MR) is 82.3 cm³/mol. The van der Waals surface area contributed by atoms with Crippen molar-refractivity contribution >= 4 is 5.91 Å². The van der Waals surface area contributed by atoms with Crippen LogP contribution in [0.5, 0.6) is 0 Å². The molecule has 3 saturated carbocycles. The van der Waals surface area contributed by atoms with Crippen molar-refractivity contribution in [3.05, 3.63) is 11.4 Å². The molecule has 4 rings (SSSR count). The van der Waals surface area contributed by atoms with Crippen LogP contribution in [-0.2, 0) is 4.79 Å². The molecule has 2 bridgehead atoms. The monoisotopic (exact) mass is 289 g/mol. The zero-order chi connectivity index (χ0) is 15.2. The number of amides is 1. The maximum absolute atomic E-state index is 12.3. The Bertz CT molecular complexity index is 467. The average molecular weight is 289 g/mol. The molecule has 0 aromatic rings. The van der Waals surface area contributed by atoms with Crippen LogP contribution in [0.15, 0.2) is 0 Å². The molecule has 4 fully saturated rings. The first-order chi connectivity index (χ1) is 9.95. The van der Waals surface area contributed by atoms with Crippen molar-refractivity contribution in [2.75, 3.05) is 13.1 Å². The summed E-state index contributed by atoms with van der Waals surface area (Å²) in [4.78, 5) is 17.6. The van der Waals surface area contributed by atoms with E-state index in [0.717, 1.165) is 31.2 Å². The second-order valence-corrected chi connectivity index (χ2v) is 7.78. The second-order valence-electron chi connectivity index (χ2n) is 7.78. The van der Waals surface area contributed by atoms with Crippen molar-refractivity contribution in [2.24, 2.45) is 23.2 Å². The van der Waals surface area contributed by atoms with Crippen LogP contribution >= 0.6 is 0 Å². The van der Waals surface area contributed by atoms with Gasteiger partial charge in [-0.1, -0.05) is 20.8 Å². The van der Waals surface area contributed by atoms with Gasteiger partial charge in [-0.25, -0.2) is 6.57 Å². The average Bonchev–Trinajstić information content (AvgIpc) is 2.93. The number of hydrogen-bond donors (Lipinski definition) is 1. The van der Waals surface area contributed by atoms with Crippen LogP contribution in [0.2, 0.25) is 0 Å². The minimum absolute atomic E-state index is 0.110. The summed E-state index contributed by atoms with van der Waals surface area (Å²) in [5.74, 6) is 2.37. The highest BCUT2D eigenvalue weighted by atomic mass is 16.2. The molecule has 4 nitrogen and oxygen atoms in total. The van der Waals surface area contributed by atoms with Gasteiger partial charge in [0.1, 0.15) is 0 Å². The number of carbonyl (C=O) groups excluding carboxylic acids is 1. The van der Waals surface area contributed by atoms with Gasteiger partial charge in [0.15, 0.2) is 0 Å². The first-order valence-corrected chi connectivity index (χ1v) is 8.34. The van der Waals surface area contributed by atoms with Gasteiger partial charge in [0.25, 0.3) is 0 Å². The molecule has 116 valence electrons. The molecule has 0 unspecified atom stereocenters. The zero-order valence-corrected chi connectivity index (χ0v) is 13.4. The maximum atomic E-state index is 12.3. The van der Waals surface area contributed by atoms with E-state index in [4.69, 9.17) is 6.57 Å². The summed E-state index contributed by atoms with van der Waals surface area (Å²) in [7, 11) is 0. The van der Waals surface area contributed by atoms with Crippen LogP contribution in [0.1, 0.15) is 46.5 Å². The van der Waals surface area contributed by atoms with Gasteiger partial charge in [0.05, 0.1) is 6.54 Å². The van der Waals surface area contributed by atoms with Gasteiger partial charge in [-0.05, 0) is 42.4 Å². The lowest BCUT2D eigenvalue weighted by atomic mass is 9.45. The van der Waals surface area contributed by atoms with Crippen LogP contribution in [0.3, 0.4) is 0 Å². The van der Waals surface area contributed by atoms with Crippen LogP contribution in [0, 0.1) is 29.7 Å². The van der Waals surface area contributed by atoms with Gasteiger partial charge in [-0.3, -0.25) is 14.5 Å². The van der Waals surface area contributed by atoms with Gasteiger partial charge in [-0.15, -0.1) is 0 Å². The first kappa shape index (κ1) is 14.8. The smallest absolute Gasteiger partial charge is 0.300 e. The van der Waals surface area contributed by atoms with Crippen molar-refractivity contribution in [1.82, 2.24) is 10.2 Å². The lowest BCUT2D eigenvalue weighted by Gasteiger charge is -2.62. The molecule has 5 atom stereocenters. The summed E-state index contributed by atoms with van der Waals surface area (Å²) in [5, 5.41) is 3.50. The number of nitrogens with zero attached hydrogens (tertiary/aromatic N) is 2. The number of rotatable bonds is 3. The molecule has 0 aromatic heterocycles. The summed E-state index contributed by atoms with van der Waals surface area (Å²) in [6, 6.07) is 0.472. The molecule has 4 heteroatoms. The van der Waals surface area contributed by atoms with Crippen LogP contribution < -0.4 is 5.32 Å². The molecule has 1 N–H and O–H groups in total. The van der Waals surface area contributed by atoms with E-state index < -0.39 is 0 Å². The van der Waals surface area contributed by atoms with Crippen LogP contribution in [0.25, 0.3) is 4.85 Å². The number of fused-ring (bicyclic) bond motifs is 2. The number of carbonyl (C=O) groups is 1. The van der Waals surface area contributed by atoms with Crippen molar-refractivity contribution in [1.29, 1.82) is 0 Å². The SMILES string of the molecule is [C-]#[N+][C@@H]1CCCN1C(=O)CN[C@@H]1C[C@@H]2C[C@H]([C@H]1C)C2(C)C. The predicted octanol–water partition coefficient (Wildman–Crippen LogP) is 2.51. The summed E-state index contributed by atoms with van der Waals surface area (Å²) in [5.41, 5.74) is 0.492. The fraction of sp³-hybridized carbons (Fsp3) is 0.882. The largest absolute Gasteiger partial charge is 0.305 e. The molecule has 0 radical (unpaired) electrons. The van der Waals surface area contributed by atoms with Crippen molar-refractivity contribution in [3.63, 3.8) is 0 Å². The van der Waals surface area contributed by atoms with E-state index >= 15 is 0 Å². The number of likely N-dealkylation sites (tertiary alicyclic amines) is 1.